The molecule has 0 radical (unpaired) electrons. The van der Waals surface area contributed by atoms with Crippen molar-refractivity contribution in [3.8, 4) is 22.4 Å². The number of carbonyl (C=O) groups excluding carboxylic acids is 1. The molecule has 0 bridgehead atoms. The van der Waals surface area contributed by atoms with Gasteiger partial charge in [0.05, 0.1) is 23.3 Å². The molecule has 2 aromatic heterocycles. The van der Waals surface area contributed by atoms with E-state index in [-0.39, 0.29) is 28.9 Å². The third-order valence-electron chi connectivity index (χ3n) is 5.53. The lowest BCUT2D eigenvalue weighted by Crippen LogP contribution is -2.44. The Labute approximate surface area is 185 Å². The van der Waals surface area contributed by atoms with E-state index in [1.54, 1.807) is 18.2 Å². The fourth-order valence-corrected chi connectivity index (χ4v) is 5.71. The number of carbonyl (C=O) groups is 1. The summed E-state index contributed by atoms with van der Waals surface area (Å²) in [5.74, 6) is -0.509. The van der Waals surface area contributed by atoms with Crippen LogP contribution in [0.2, 0.25) is 0 Å². The number of likely N-dealkylation sites (tertiary alicyclic amines) is 1. The summed E-state index contributed by atoms with van der Waals surface area (Å²) in [6, 6.07) is 7.60. The second-order valence-corrected chi connectivity index (χ2v) is 9.79. The second kappa shape index (κ2) is 8.62. The van der Waals surface area contributed by atoms with Crippen molar-refractivity contribution >= 4 is 21.6 Å². The van der Waals surface area contributed by atoms with Gasteiger partial charge in [-0.2, -0.15) is 0 Å². The van der Waals surface area contributed by atoms with Gasteiger partial charge >= 0.3 is 0 Å². The van der Waals surface area contributed by atoms with Gasteiger partial charge in [-0.1, -0.05) is 6.07 Å². The number of nitrogens with two attached hydrogens (primary N) is 1. The quantitative estimate of drug-likeness (QED) is 0.642. The molecule has 3 aromatic rings. The zero-order chi connectivity index (χ0) is 22.9. The zero-order valence-electron chi connectivity index (χ0n) is 17.4. The van der Waals surface area contributed by atoms with Crippen molar-refractivity contribution in [2.75, 3.05) is 18.8 Å². The third kappa shape index (κ3) is 4.18. The molecule has 1 aliphatic heterocycles. The highest BCUT2D eigenvalue weighted by Gasteiger charge is 2.35. The molecule has 1 unspecified atom stereocenters. The average molecular weight is 456 g/mol. The summed E-state index contributed by atoms with van der Waals surface area (Å²) in [6.07, 6.45) is 5.14. The number of sulfone groups is 1. The molecule has 32 heavy (non-hydrogen) atoms. The van der Waals surface area contributed by atoms with Crippen molar-refractivity contribution in [1.82, 2.24) is 19.9 Å². The molecule has 10 heteroatoms. The van der Waals surface area contributed by atoms with E-state index < -0.39 is 20.9 Å². The highest BCUT2D eigenvalue weighted by molar-refractivity contribution is 7.92. The summed E-state index contributed by atoms with van der Waals surface area (Å²) < 4.78 is 41.8. The number of hydrogen-bond donors (Lipinski definition) is 1. The molecule has 166 valence electrons. The topological polar surface area (TPSA) is 119 Å². The maximum Gasteiger partial charge on any atom is 0.219 e. The standard InChI is InChI=1S/C22H22FN5O3S/c1-14(29)28-9-3-4-16(13-28)32(30,31)22-17(5-2-8-25-22)15-6-7-18(19(23)10-15)20-11-27-21(24)12-26-20/h2,5-8,10-12,16H,3-4,9,13H2,1H3,(H2,24,27). The van der Waals surface area contributed by atoms with Crippen molar-refractivity contribution in [2.45, 2.75) is 30.0 Å². The summed E-state index contributed by atoms with van der Waals surface area (Å²) in [7, 11) is -3.85. The van der Waals surface area contributed by atoms with Crippen LogP contribution in [0.1, 0.15) is 19.8 Å². The first-order chi connectivity index (χ1) is 15.3. The molecule has 2 N–H and O–H groups in total. The normalized spacial score (nSPS) is 16.7. The van der Waals surface area contributed by atoms with Crippen LogP contribution in [0, 0.1) is 5.82 Å². The lowest BCUT2D eigenvalue weighted by Gasteiger charge is -2.31. The molecule has 3 heterocycles. The van der Waals surface area contributed by atoms with Gasteiger partial charge in [0.25, 0.3) is 0 Å². The first kappa shape index (κ1) is 21.8. The Balaban J connectivity index is 1.71. The van der Waals surface area contributed by atoms with E-state index in [1.165, 1.54) is 42.5 Å². The Hall–Kier alpha value is -3.40. The molecule has 1 amide bonds. The Morgan fingerprint density at radius 1 is 1.16 bits per heavy atom. The van der Waals surface area contributed by atoms with Crippen LogP contribution in [-0.4, -0.2) is 52.5 Å². The molecule has 0 spiro atoms. The average Bonchev–Trinajstić information content (AvgIpc) is 2.80. The van der Waals surface area contributed by atoms with E-state index in [0.29, 0.717) is 36.2 Å². The molecule has 0 aliphatic carbocycles. The Bertz CT molecular complexity index is 1260. The van der Waals surface area contributed by atoms with Gasteiger partial charge in [-0.05, 0) is 42.7 Å². The van der Waals surface area contributed by atoms with Gasteiger partial charge in [0.1, 0.15) is 11.6 Å². The van der Waals surface area contributed by atoms with Crippen LogP contribution in [-0.2, 0) is 14.6 Å². The van der Waals surface area contributed by atoms with Crippen LogP contribution >= 0.6 is 0 Å². The van der Waals surface area contributed by atoms with E-state index >= 15 is 0 Å². The predicted octanol–water partition coefficient (Wildman–Crippen LogP) is 2.71. The van der Waals surface area contributed by atoms with Crippen molar-refractivity contribution < 1.29 is 17.6 Å². The summed E-state index contributed by atoms with van der Waals surface area (Å²) in [5, 5.41) is -0.877. The van der Waals surface area contributed by atoms with Crippen LogP contribution in [0.5, 0.6) is 0 Å². The van der Waals surface area contributed by atoms with Gasteiger partial charge < -0.3 is 10.6 Å². The number of nitrogens with zero attached hydrogens (tertiary/aromatic N) is 4. The number of pyridine rings is 1. The van der Waals surface area contributed by atoms with E-state index in [1.807, 2.05) is 0 Å². The van der Waals surface area contributed by atoms with Crippen LogP contribution in [0.15, 0.2) is 53.9 Å². The van der Waals surface area contributed by atoms with Gasteiger partial charge in [-0.3, -0.25) is 9.78 Å². The van der Waals surface area contributed by atoms with Crippen molar-refractivity contribution in [3.05, 3.63) is 54.7 Å². The van der Waals surface area contributed by atoms with Crippen LogP contribution in [0.3, 0.4) is 0 Å². The SMILES string of the molecule is CC(=O)N1CCCC(S(=O)(=O)c2ncccc2-c2ccc(-c3cnc(N)cn3)c(F)c2)C1. The molecule has 1 saturated heterocycles. The molecular formula is C22H22FN5O3S. The number of amides is 1. The zero-order valence-corrected chi connectivity index (χ0v) is 18.2. The van der Waals surface area contributed by atoms with Crippen molar-refractivity contribution in [3.63, 3.8) is 0 Å². The molecule has 4 rings (SSSR count). The molecule has 1 atom stereocenters. The first-order valence-electron chi connectivity index (χ1n) is 10.1. The summed E-state index contributed by atoms with van der Waals surface area (Å²) in [5.41, 5.74) is 6.75. The largest absolute Gasteiger partial charge is 0.382 e. The van der Waals surface area contributed by atoms with Gasteiger partial charge in [-0.15, -0.1) is 0 Å². The number of aromatic nitrogens is 3. The summed E-state index contributed by atoms with van der Waals surface area (Å²) in [4.78, 5) is 25.4. The minimum atomic E-state index is -3.85. The van der Waals surface area contributed by atoms with Gasteiger partial charge in [0, 0.05) is 37.3 Å². The lowest BCUT2D eigenvalue weighted by molar-refractivity contribution is -0.129. The number of anilines is 1. The monoisotopic (exact) mass is 455 g/mol. The maximum atomic E-state index is 14.9. The van der Waals surface area contributed by atoms with Crippen LogP contribution in [0.4, 0.5) is 10.2 Å². The lowest BCUT2D eigenvalue weighted by atomic mass is 10.0. The number of hydrogen-bond acceptors (Lipinski definition) is 7. The molecular weight excluding hydrogens is 433 g/mol. The van der Waals surface area contributed by atoms with Crippen molar-refractivity contribution in [1.29, 1.82) is 0 Å². The maximum absolute atomic E-state index is 14.9. The predicted molar refractivity (Wildman–Crippen MR) is 118 cm³/mol. The van der Waals surface area contributed by atoms with E-state index in [9.17, 15) is 17.6 Å². The third-order valence-corrected chi connectivity index (χ3v) is 7.66. The number of nitrogen functional groups attached to an aromatic ring is 1. The van der Waals surface area contributed by atoms with Crippen LogP contribution in [0.25, 0.3) is 22.4 Å². The highest BCUT2D eigenvalue weighted by atomic mass is 32.2. The number of rotatable bonds is 4. The van der Waals surface area contributed by atoms with Gasteiger partial charge in [0.15, 0.2) is 5.03 Å². The van der Waals surface area contributed by atoms with E-state index in [4.69, 9.17) is 5.73 Å². The van der Waals surface area contributed by atoms with Gasteiger partial charge in [0.2, 0.25) is 15.7 Å². The highest BCUT2D eigenvalue weighted by Crippen LogP contribution is 2.33. The van der Waals surface area contributed by atoms with Crippen LogP contribution < -0.4 is 5.73 Å². The number of benzene rings is 1. The number of piperidine rings is 1. The Morgan fingerprint density at radius 2 is 1.97 bits per heavy atom. The minimum Gasteiger partial charge on any atom is -0.382 e. The van der Waals surface area contributed by atoms with E-state index in [2.05, 4.69) is 15.0 Å². The molecule has 0 saturated carbocycles. The fraction of sp³-hybridized carbons (Fsp3) is 0.273. The summed E-state index contributed by atoms with van der Waals surface area (Å²) in [6.45, 7) is 2.09. The van der Waals surface area contributed by atoms with Gasteiger partial charge in [-0.25, -0.2) is 22.8 Å². The molecule has 8 nitrogen and oxygen atoms in total. The molecule has 1 aromatic carbocycles. The first-order valence-corrected chi connectivity index (χ1v) is 11.6. The molecule has 1 aliphatic rings. The number of halogens is 1. The van der Waals surface area contributed by atoms with E-state index in [0.717, 1.165) is 0 Å². The minimum absolute atomic E-state index is 0.116. The Kier molecular flexibility index (Phi) is 5.88. The summed E-state index contributed by atoms with van der Waals surface area (Å²) >= 11 is 0. The smallest absolute Gasteiger partial charge is 0.219 e. The Morgan fingerprint density at radius 3 is 2.66 bits per heavy atom. The second-order valence-electron chi connectivity index (χ2n) is 7.65. The fourth-order valence-electron chi connectivity index (χ4n) is 3.84. The van der Waals surface area contributed by atoms with Crippen molar-refractivity contribution in [2.24, 2.45) is 0 Å². The molecule has 1 fully saturated rings.